The zero-order valence-electron chi connectivity index (χ0n) is 13.4. The summed E-state index contributed by atoms with van der Waals surface area (Å²) in [4.78, 5) is 41.1. The number of nitrogens with zero attached hydrogens (tertiary/aromatic N) is 1. The Morgan fingerprint density at radius 3 is 2.62 bits per heavy atom. The number of H-pyrrole nitrogens is 1. The van der Waals surface area contributed by atoms with Crippen molar-refractivity contribution in [2.75, 3.05) is 20.2 Å². The first-order valence-electron chi connectivity index (χ1n) is 7.79. The van der Waals surface area contributed by atoms with E-state index in [0.717, 1.165) is 0 Å². The largest absolute Gasteiger partial charge is 0.497 e. The molecule has 1 aromatic heterocycles. The maximum absolute atomic E-state index is 12.7. The van der Waals surface area contributed by atoms with E-state index >= 15 is 0 Å². The fraction of sp³-hybridized carbons (Fsp3) is 0.353. The molecule has 3 rings (SSSR count). The van der Waals surface area contributed by atoms with Crippen LogP contribution in [0.2, 0.25) is 0 Å². The predicted octanol–water partition coefficient (Wildman–Crippen LogP) is 0.874. The molecule has 7 nitrogen and oxygen atoms in total. The van der Waals surface area contributed by atoms with Crippen LogP contribution in [0.1, 0.15) is 23.2 Å². The summed E-state index contributed by atoms with van der Waals surface area (Å²) in [5, 5.41) is 0.409. The molecule has 1 aliphatic heterocycles. The number of methoxy groups -OCH3 is 1. The van der Waals surface area contributed by atoms with Gasteiger partial charge in [0.1, 0.15) is 11.3 Å². The monoisotopic (exact) mass is 329 g/mol. The van der Waals surface area contributed by atoms with Crippen molar-refractivity contribution >= 4 is 22.7 Å². The Hall–Kier alpha value is -2.83. The van der Waals surface area contributed by atoms with Gasteiger partial charge in [0.25, 0.3) is 5.91 Å². The normalized spacial score (nSPS) is 15.5. The van der Waals surface area contributed by atoms with Crippen LogP contribution >= 0.6 is 0 Å². The number of likely N-dealkylation sites (tertiary alicyclic amines) is 1. The first-order chi connectivity index (χ1) is 11.5. The van der Waals surface area contributed by atoms with Gasteiger partial charge in [-0.05, 0) is 31.0 Å². The molecule has 0 radical (unpaired) electrons. The molecule has 3 N–H and O–H groups in total. The number of ether oxygens (including phenoxy) is 1. The summed E-state index contributed by atoms with van der Waals surface area (Å²) >= 11 is 0. The summed E-state index contributed by atoms with van der Waals surface area (Å²) in [5.74, 6) is -0.310. The van der Waals surface area contributed by atoms with Crippen molar-refractivity contribution in [3.63, 3.8) is 0 Å². The van der Waals surface area contributed by atoms with E-state index in [1.54, 1.807) is 23.1 Å². The summed E-state index contributed by atoms with van der Waals surface area (Å²) in [5.41, 5.74) is 5.71. The Balaban J connectivity index is 1.89. The van der Waals surface area contributed by atoms with Gasteiger partial charge in [0.2, 0.25) is 11.3 Å². The maximum atomic E-state index is 12.7. The Kier molecular flexibility index (Phi) is 4.24. The molecular weight excluding hydrogens is 310 g/mol. The van der Waals surface area contributed by atoms with Crippen LogP contribution in [-0.4, -0.2) is 41.9 Å². The number of primary amides is 1. The molecule has 1 saturated heterocycles. The Bertz CT molecular complexity index is 851. The van der Waals surface area contributed by atoms with Crippen LogP contribution < -0.4 is 15.9 Å². The van der Waals surface area contributed by atoms with E-state index in [-0.39, 0.29) is 28.7 Å². The second kappa shape index (κ2) is 6.35. The maximum Gasteiger partial charge on any atom is 0.259 e. The average Bonchev–Trinajstić information content (AvgIpc) is 2.61. The van der Waals surface area contributed by atoms with Crippen molar-refractivity contribution < 1.29 is 14.3 Å². The third kappa shape index (κ3) is 2.84. The number of benzene rings is 1. The number of pyridine rings is 1. The van der Waals surface area contributed by atoms with Gasteiger partial charge in [0.15, 0.2) is 0 Å². The number of hydrogen-bond acceptors (Lipinski definition) is 4. The van der Waals surface area contributed by atoms with Crippen LogP contribution in [-0.2, 0) is 4.79 Å². The molecule has 0 unspecified atom stereocenters. The lowest BCUT2D eigenvalue weighted by Crippen LogP contribution is -2.43. The molecular formula is C17H19N3O4. The number of piperidine rings is 1. The minimum Gasteiger partial charge on any atom is -0.497 e. The van der Waals surface area contributed by atoms with Gasteiger partial charge in [-0.3, -0.25) is 14.4 Å². The van der Waals surface area contributed by atoms with Crippen LogP contribution in [0.5, 0.6) is 5.75 Å². The first kappa shape index (κ1) is 16.0. The third-order valence-corrected chi connectivity index (χ3v) is 4.50. The highest BCUT2D eigenvalue weighted by molar-refractivity contribution is 5.97. The number of hydrogen-bond donors (Lipinski definition) is 2. The minimum absolute atomic E-state index is 0.0910. The van der Waals surface area contributed by atoms with E-state index in [2.05, 4.69) is 4.98 Å². The molecule has 2 amide bonds. The second-order valence-corrected chi connectivity index (χ2v) is 5.91. The van der Waals surface area contributed by atoms with Gasteiger partial charge in [-0.25, -0.2) is 0 Å². The lowest BCUT2D eigenvalue weighted by atomic mass is 9.96. The molecule has 1 aromatic carbocycles. The van der Waals surface area contributed by atoms with Crippen molar-refractivity contribution in [1.82, 2.24) is 9.88 Å². The molecule has 0 aliphatic carbocycles. The summed E-state index contributed by atoms with van der Waals surface area (Å²) in [6, 6.07) is 5.10. The number of aromatic amines is 1. The Labute approximate surface area is 138 Å². The zero-order valence-corrected chi connectivity index (χ0v) is 13.4. The summed E-state index contributed by atoms with van der Waals surface area (Å²) in [7, 11) is 1.52. The lowest BCUT2D eigenvalue weighted by Gasteiger charge is -2.30. The van der Waals surface area contributed by atoms with Crippen LogP contribution in [0.3, 0.4) is 0 Å². The van der Waals surface area contributed by atoms with Gasteiger partial charge in [-0.15, -0.1) is 0 Å². The number of nitrogens with one attached hydrogen (secondary N) is 1. The van der Waals surface area contributed by atoms with E-state index < -0.39 is 0 Å². The number of nitrogens with two attached hydrogens (primary N) is 1. The molecule has 1 fully saturated rings. The van der Waals surface area contributed by atoms with Crippen molar-refractivity contribution in [1.29, 1.82) is 0 Å². The summed E-state index contributed by atoms with van der Waals surface area (Å²) < 4.78 is 5.14. The van der Waals surface area contributed by atoms with E-state index in [1.165, 1.54) is 13.3 Å². The van der Waals surface area contributed by atoms with Gasteiger partial charge in [-0.2, -0.15) is 0 Å². The second-order valence-electron chi connectivity index (χ2n) is 5.91. The number of amides is 2. The fourth-order valence-electron chi connectivity index (χ4n) is 3.02. The molecule has 1 aliphatic rings. The van der Waals surface area contributed by atoms with Gasteiger partial charge in [-0.1, -0.05) is 0 Å². The quantitative estimate of drug-likeness (QED) is 0.871. The van der Waals surface area contributed by atoms with Crippen molar-refractivity contribution in [3.8, 4) is 5.75 Å². The number of carbonyl (C=O) groups excluding carboxylic acids is 2. The first-order valence-corrected chi connectivity index (χ1v) is 7.79. The molecule has 126 valence electrons. The number of aromatic nitrogens is 1. The van der Waals surface area contributed by atoms with E-state index in [4.69, 9.17) is 10.5 Å². The standard InChI is InChI=1S/C17H19N3O4/c1-24-11-2-3-14-12(8-11)15(21)13(9-19-14)17(23)20-6-4-10(5-7-20)16(18)22/h2-3,8-10H,4-7H2,1H3,(H2,18,22)(H,19,21). The third-order valence-electron chi connectivity index (χ3n) is 4.50. The van der Waals surface area contributed by atoms with E-state index in [9.17, 15) is 14.4 Å². The number of carbonyl (C=O) groups is 2. The Morgan fingerprint density at radius 1 is 1.29 bits per heavy atom. The minimum atomic E-state index is -0.335. The van der Waals surface area contributed by atoms with Gasteiger partial charge in [0, 0.05) is 36.1 Å². The predicted molar refractivity (Wildman–Crippen MR) is 88.9 cm³/mol. The Morgan fingerprint density at radius 2 is 2.00 bits per heavy atom. The van der Waals surface area contributed by atoms with Crippen LogP contribution in [0, 0.1) is 5.92 Å². The number of fused-ring (bicyclic) bond motifs is 1. The van der Waals surface area contributed by atoms with Crippen molar-refractivity contribution in [3.05, 3.63) is 40.2 Å². The smallest absolute Gasteiger partial charge is 0.259 e. The zero-order chi connectivity index (χ0) is 17.3. The summed E-state index contributed by atoms with van der Waals surface area (Å²) in [6.07, 6.45) is 2.50. The van der Waals surface area contributed by atoms with Crippen LogP contribution in [0.25, 0.3) is 10.9 Å². The average molecular weight is 329 g/mol. The molecule has 2 heterocycles. The molecule has 2 aromatic rings. The van der Waals surface area contributed by atoms with Gasteiger partial charge >= 0.3 is 0 Å². The van der Waals surface area contributed by atoms with E-state index in [0.29, 0.717) is 42.6 Å². The van der Waals surface area contributed by atoms with Gasteiger partial charge in [0.05, 0.1) is 7.11 Å². The molecule has 0 bridgehead atoms. The van der Waals surface area contributed by atoms with Gasteiger partial charge < -0.3 is 20.4 Å². The molecule has 0 atom stereocenters. The lowest BCUT2D eigenvalue weighted by molar-refractivity contribution is -0.123. The highest BCUT2D eigenvalue weighted by Crippen LogP contribution is 2.20. The van der Waals surface area contributed by atoms with Crippen molar-refractivity contribution in [2.24, 2.45) is 11.7 Å². The van der Waals surface area contributed by atoms with Crippen molar-refractivity contribution in [2.45, 2.75) is 12.8 Å². The fourth-order valence-corrected chi connectivity index (χ4v) is 3.02. The number of rotatable bonds is 3. The molecule has 0 spiro atoms. The highest BCUT2D eigenvalue weighted by Gasteiger charge is 2.27. The van der Waals surface area contributed by atoms with Crippen LogP contribution in [0.4, 0.5) is 0 Å². The molecule has 24 heavy (non-hydrogen) atoms. The summed E-state index contributed by atoms with van der Waals surface area (Å²) in [6.45, 7) is 0.837. The topological polar surface area (TPSA) is 105 Å². The SMILES string of the molecule is COc1ccc2[nH]cc(C(=O)N3CCC(C(N)=O)CC3)c(=O)c2c1. The van der Waals surface area contributed by atoms with E-state index in [1.807, 2.05) is 0 Å². The molecule has 7 heteroatoms. The van der Waals surface area contributed by atoms with Crippen LogP contribution in [0.15, 0.2) is 29.2 Å². The molecule has 0 saturated carbocycles. The highest BCUT2D eigenvalue weighted by atomic mass is 16.5.